The summed E-state index contributed by atoms with van der Waals surface area (Å²) in [6.45, 7) is 0. The highest BCUT2D eigenvalue weighted by molar-refractivity contribution is 5.41. The molecule has 1 nitrogen and oxygen atoms in total. The maximum Gasteiger partial charge on any atom is 0.125 e. The SMILES string of the molecule is COc1c2cccc1CCCCCCCC2. The average Bonchev–Trinajstić information content (AvgIpc) is 2.33. The second kappa shape index (κ2) is 5.93. The van der Waals surface area contributed by atoms with E-state index in [-0.39, 0.29) is 0 Å². The molecule has 0 aromatic heterocycles. The minimum absolute atomic E-state index is 1.16. The first-order valence-corrected chi connectivity index (χ1v) is 6.56. The average molecular weight is 218 g/mol. The monoisotopic (exact) mass is 218 g/mol. The molecule has 0 unspecified atom stereocenters. The molecule has 1 aromatic carbocycles. The zero-order valence-corrected chi connectivity index (χ0v) is 10.3. The van der Waals surface area contributed by atoms with Gasteiger partial charge in [0.1, 0.15) is 5.75 Å². The number of benzene rings is 1. The van der Waals surface area contributed by atoms with E-state index in [4.69, 9.17) is 4.74 Å². The van der Waals surface area contributed by atoms with Gasteiger partial charge >= 0.3 is 0 Å². The van der Waals surface area contributed by atoms with Crippen molar-refractivity contribution in [3.8, 4) is 5.75 Å². The maximum atomic E-state index is 5.59. The van der Waals surface area contributed by atoms with E-state index in [2.05, 4.69) is 18.2 Å². The smallest absolute Gasteiger partial charge is 0.125 e. The molecular formula is C15H22O. The highest BCUT2D eigenvalue weighted by Crippen LogP contribution is 2.28. The number of hydrogen-bond donors (Lipinski definition) is 0. The van der Waals surface area contributed by atoms with Crippen molar-refractivity contribution in [2.75, 3.05) is 7.11 Å². The molecular weight excluding hydrogens is 196 g/mol. The van der Waals surface area contributed by atoms with E-state index in [1.807, 2.05) is 7.11 Å². The molecule has 0 aliphatic heterocycles. The lowest BCUT2D eigenvalue weighted by molar-refractivity contribution is 0.403. The summed E-state index contributed by atoms with van der Waals surface area (Å²) in [5, 5.41) is 0. The lowest BCUT2D eigenvalue weighted by Crippen LogP contribution is -1.97. The predicted molar refractivity (Wildman–Crippen MR) is 68.1 cm³/mol. The van der Waals surface area contributed by atoms with Crippen LogP contribution in [0.15, 0.2) is 18.2 Å². The van der Waals surface area contributed by atoms with E-state index < -0.39 is 0 Å². The lowest BCUT2D eigenvalue weighted by Gasteiger charge is -2.12. The maximum absolute atomic E-state index is 5.59. The number of rotatable bonds is 1. The summed E-state index contributed by atoms with van der Waals surface area (Å²) in [4.78, 5) is 0. The van der Waals surface area contributed by atoms with Crippen LogP contribution in [0.3, 0.4) is 0 Å². The van der Waals surface area contributed by atoms with Crippen molar-refractivity contribution in [1.29, 1.82) is 0 Å². The molecule has 2 bridgehead atoms. The van der Waals surface area contributed by atoms with Gasteiger partial charge in [-0.25, -0.2) is 0 Å². The minimum atomic E-state index is 1.16. The summed E-state index contributed by atoms with van der Waals surface area (Å²) in [6.07, 6.45) is 10.5. The summed E-state index contributed by atoms with van der Waals surface area (Å²) < 4.78 is 5.59. The third-order valence-corrected chi connectivity index (χ3v) is 3.52. The first-order valence-electron chi connectivity index (χ1n) is 6.56. The fourth-order valence-corrected chi connectivity index (χ4v) is 2.63. The number of hydrogen-bond acceptors (Lipinski definition) is 1. The molecule has 0 radical (unpaired) electrons. The molecule has 88 valence electrons. The fraction of sp³-hybridized carbons (Fsp3) is 0.600. The Bertz CT molecular complexity index is 302. The van der Waals surface area contributed by atoms with Gasteiger partial charge in [-0.05, 0) is 36.8 Å². The quantitative estimate of drug-likeness (QED) is 0.688. The van der Waals surface area contributed by atoms with Gasteiger partial charge in [-0.3, -0.25) is 0 Å². The summed E-state index contributed by atoms with van der Waals surface area (Å²) >= 11 is 0. The van der Waals surface area contributed by atoms with Crippen molar-refractivity contribution in [2.24, 2.45) is 0 Å². The van der Waals surface area contributed by atoms with Crippen LogP contribution in [0.25, 0.3) is 0 Å². The van der Waals surface area contributed by atoms with Gasteiger partial charge in [0.05, 0.1) is 7.11 Å². The van der Waals surface area contributed by atoms with E-state index >= 15 is 0 Å². The van der Waals surface area contributed by atoms with Crippen LogP contribution >= 0.6 is 0 Å². The van der Waals surface area contributed by atoms with Crippen LogP contribution in [0.2, 0.25) is 0 Å². The minimum Gasteiger partial charge on any atom is -0.496 e. The van der Waals surface area contributed by atoms with Crippen LogP contribution in [0.4, 0.5) is 0 Å². The number of methoxy groups -OCH3 is 1. The van der Waals surface area contributed by atoms with Gasteiger partial charge in [0.15, 0.2) is 0 Å². The van der Waals surface area contributed by atoms with Crippen LogP contribution in [0.5, 0.6) is 5.75 Å². The molecule has 0 saturated carbocycles. The Morgan fingerprint density at radius 2 is 1.31 bits per heavy atom. The van der Waals surface area contributed by atoms with Crippen molar-refractivity contribution in [3.05, 3.63) is 29.3 Å². The van der Waals surface area contributed by atoms with Gasteiger partial charge in [-0.1, -0.05) is 43.9 Å². The highest BCUT2D eigenvalue weighted by atomic mass is 16.5. The molecule has 16 heavy (non-hydrogen) atoms. The van der Waals surface area contributed by atoms with Crippen LogP contribution < -0.4 is 4.74 Å². The summed E-state index contributed by atoms with van der Waals surface area (Å²) in [5.41, 5.74) is 2.81. The third-order valence-electron chi connectivity index (χ3n) is 3.52. The van der Waals surface area contributed by atoms with E-state index in [1.165, 1.54) is 62.5 Å². The molecule has 0 amide bonds. The summed E-state index contributed by atoms with van der Waals surface area (Å²) in [5.74, 6) is 1.16. The van der Waals surface area contributed by atoms with Crippen LogP contribution in [-0.4, -0.2) is 7.11 Å². The summed E-state index contributed by atoms with van der Waals surface area (Å²) in [7, 11) is 1.81. The van der Waals surface area contributed by atoms with Gasteiger partial charge in [0.25, 0.3) is 0 Å². The van der Waals surface area contributed by atoms with Gasteiger partial charge in [-0.2, -0.15) is 0 Å². The Hall–Kier alpha value is -0.980. The van der Waals surface area contributed by atoms with Gasteiger partial charge in [-0.15, -0.1) is 0 Å². The Balaban J connectivity index is 2.22. The van der Waals surface area contributed by atoms with Crippen molar-refractivity contribution >= 4 is 0 Å². The van der Waals surface area contributed by atoms with Gasteiger partial charge in [0, 0.05) is 0 Å². The van der Waals surface area contributed by atoms with E-state index in [0.29, 0.717) is 0 Å². The largest absolute Gasteiger partial charge is 0.496 e. The van der Waals surface area contributed by atoms with Gasteiger partial charge in [0.2, 0.25) is 0 Å². The van der Waals surface area contributed by atoms with Crippen LogP contribution in [-0.2, 0) is 12.8 Å². The highest BCUT2D eigenvalue weighted by Gasteiger charge is 2.09. The molecule has 0 spiro atoms. The lowest BCUT2D eigenvalue weighted by atomic mass is 10.0. The Morgan fingerprint density at radius 1 is 0.812 bits per heavy atom. The molecule has 0 heterocycles. The molecule has 1 heteroatoms. The standard InChI is InChI=1S/C15H22O/c1-16-15-13-9-6-4-2-3-5-7-10-14(15)12-8-11-13/h8,11-12H,2-7,9-10H2,1H3. The van der Waals surface area contributed by atoms with Gasteiger partial charge < -0.3 is 4.74 Å². The Morgan fingerprint density at radius 3 is 1.81 bits per heavy atom. The predicted octanol–water partition coefficient (Wildman–Crippen LogP) is 4.13. The number of aryl methyl sites for hydroxylation is 2. The van der Waals surface area contributed by atoms with Crippen molar-refractivity contribution in [2.45, 2.75) is 51.4 Å². The van der Waals surface area contributed by atoms with Crippen molar-refractivity contribution in [3.63, 3.8) is 0 Å². The second-order valence-electron chi connectivity index (χ2n) is 4.73. The van der Waals surface area contributed by atoms with E-state index in [9.17, 15) is 0 Å². The molecule has 0 N–H and O–H groups in total. The van der Waals surface area contributed by atoms with Crippen LogP contribution in [0.1, 0.15) is 49.7 Å². The molecule has 2 rings (SSSR count). The number of fused-ring (bicyclic) bond motifs is 2. The zero-order valence-electron chi connectivity index (χ0n) is 10.3. The molecule has 0 fully saturated rings. The van der Waals surface area contributed by atoms with E-state index in [0.717, 1.165) is 5.75 Å². The Kier molecular flexibility index (Phi) is 4.26. The van der Waals surface area contributed by atoms with Crippen molar-refractivity contribution in [1.82, 2.24) is 0 Å². The first-order chi connectivity index (χ1) is 7.92. The summed E-state index contributed by atoms with van der Waals surface area (Å²) in [6, 6.07) is 6.63. The number of para-hydroxylation sites is 1. The third kappa shape index (κ3) is 2.78. The topological polar surface area (TPSA) is 9.23 Å². The second-order valence-corrected chi connectivity index (χ2v) is 4.73. The van der Waals surface area contributed by atoms with Crippen LogP contribution in [0, 0.1) is 0 Å². The fourth-order valence-electron chi connectivity index (χ4n) is 2.63. The van der Waals surface area contributed by atoms with Crippen molar-refractivity contribution < 1.29 is 4.74 Å². The zero-order chi connectivity index (χ0) is 11.2. The van der Waals surface area contributed by atoms with E-state index in [1.54, 1.807) is 0 Å². The normalized spacial score (nSPS) is 17.6. The number of ether oxygens (including phenoxy) is 1. The molecule has 1 aromatic rings. The molecule has 1 aliphatic rings. The molecule has 0 atom stereocenters. The Labute approximate surface area is 98.8 Å². The first kappa shape index (κ1) is 11.5. The molecule has 0 saturated heterocycles. The molecule has 1 aliphatic carbocycles.